The van der Waals surface area contributed by atoms with Gasteiger partial charge in [0.1, 0.15) is 0 Å². The summed E-state index contributed by atoms with van der Waals surface area (Å²) < 4.78 is 0. The van der Waals surface area contributed by atoms with E-state index >= 15 is 0 Å². The molecule has 2 aliphatic rings. The summed E-state index contributed by atoms with van der Waals surface area (Å²) in [6.07, 6.45) is 8.43. The van der Waals surface area contributed by atoms with Crippen LogP contribution in [-0.4, -0.2) is 36.6 Å². The van der Waals surface area contributed by atoms with Gasteiger partial charge in [0.15, 0.2) is 0 Å². The van der Waals surface area contributed by atoms with Gasteiger partial charge in [-0.05, 0) is 31.2 Å². The highest BCUT2D eigenvalue weighted by atomic mass is 15.2. The second kappa shape index (κ2) is 6.91. The first-order valence-electron chi connectivity index (χ1n) is 8.22. The van der Waals surface area contributed by atoms with Gasteiger partial charge in [-0.3, -0.25) is 4.90 Å². The van der Waals surface area contributed by atoms with E-state index in [1.165, 1.54) is 58.2 Å². The first-order valence-corrected chi connectivity index (χ1v) is 8.22. The molecule has 1 saturated carbocycles. The summed E-state index contributed by atoms with van der Waals surface area (Å²) in [5.74, 6) is 1.89. The molecule has 0 amide bonds. The molecule has 2 heteroatoms. The molecule has 0 radical (unpaired) electrons. The van der Waals surface area contributed by atoms with Crippen molar-refractivity contribution in [3.63, 3.8) is 0 Å². The average molecular weight is 252 g/mol. The van der Waals surface area contributed by atoms with Crippen molar-refractivity contribution in [3.8, 4) is 0 Å². The van der Waals surface area contributed by atoms with Crippen LogP contribution in [0.25, 0.3) is 0 Å². The van der Waals surface area contributed by atoms with Crippen LogP contribution in [0, 0.1) is 11.8 Å². The number of nitrogens with zero attached hydrogens (tertiary/aromatic N) is 1. The summed E-state index contributed by atoms with van der Waals surface area (Å²) >= 11 is 0. The Hall–Kier alpha value is -0.0800. The van der Waals surface area contributed by atoms with Crippen LogP contribution in [0.15, 0.2) is 0 Å². The van der Waals surface area contributed by atoms with Gasteiger partial charge in [0.05, 0.1) is 0 Å². The van der Waals surface area contributed by atoms with Crippen LogP contribution >= 0.6 is 0 Å². The van der Waals surface area contributed by atoms with E-state index in [0.717, 1.165) is 23.9 Å². The third-order valence-corrected chi connectivity index (χ3v) is 5.04. The van der Waals surface area contributed by atoms with E-state index in [-0.39, 0.29) is 0 Å². The average Bonchev–Trinajstić information content (AvgIpc) is 3.21. The van der Waals surface area contributed by atoms with E-state index in [1.54, 1.807) is 0 Å². The van der Waals surface area contributed by atoms with E-state index < -0.39 is 0 Å². The predicted molar refractivity (Wildman–Crippen MR) is 78.9 cm³/mol. The number of piperazine rings is 1. The van der Waals surface area contributed by atoms with Gasteiger partial charge in [0.2, 0.25) is 0 Å². The third kappa shape index (κ3) is 3.96. The fourth-order valence-electron chi connectivity index (χ4n) is 3.20. The molecule has 106 valence electrons. The fraction of sp³-hybridized carbons (Fsp3) is 1.00. The summed E-state index contributed by atoms with van der Waals surface area (Å²) in [5, 5.41) is 3.80. The molecule has 1 saturated heterocycles. The van der Waals surface area contributed by atoms with Crippen LogP contribution < -0.4 is 5.32 Å². The molecular weight excluding hydrogens is 220 g/mol. The fourth-order valence-corrected chi connectivity index (χ4v) is 3.20. The Labute approximate surface area is 114 Å². The van der Waals surface area contributed by atoms with Crippen molar-refractivity contribution in [2.45, 2.75) is 71.4 Å². The second-order valence-corrected chi connectivity index (χ2v) is 6.57. The first-order chi connectivity index (χ1) is 8.74. The molecule has 1 N–H and O–H groups in total. The largest absolute Gasteiger partial charge is 0.311 e. The Balaban J connectivity index is 1.84. The highest BCUT2D eigenvalue weighted by molar-refractivity contribution is 4.89. The Morgan fingerprint density at radius 1 is 1.22 bits per heavy atom. The molecule has 2 nitrogen and oxygen atoms in total. The highest BCUT2D eigenvalue weighted by Gasteiger charge is 2.30. The van der Waals surface area contributed by atoms with Gasteiger partial charge in [-0.1, -0.05) is 46.5 Å². The SMILES string of the molecule is CCCC1CNC(C(C)CC)CN1CCC1CC1. The second-order valence-electron chi connectivity index (χ2n) is 6.57. The predicted octanol–water partition coefficient (Wildman–Crippen LogP) is 3.28. The minimum absolute atomic E-state index is 0.724. The summed E-state index contributed by atoms with van der Waals surface area (Å²) in [6, 6.07) is 1.52. The zero-order chi connectivity index (χ0) is 13.0. The van der Waals surface area contributed by atoms with Gasteiger partial charge < -0.3 is 5.32 Å². The maximum Gasteiger partial charge on any atom is 0.0221 e. The molecule has 3 atom stereocenters. The topological polar surface area (TPSA) is 15.3 Å². The molecule has 3 unspecified atom stereocenters. The van der Waals surface area contributed by atoms with Crippen LogP contribution in [0.2, 0.25) is 0 Å². The lowest BCUT2D eigenvalue weighted by atomic mass is 9.94. The van der Waals surface area contributed by atoms with Gasteiger partial charge >= 0.3 is 0 Å². The smallest absolute Gasteiger partial charge is 0.0221 e. The minimum Gasteiger partial charge on any atom is -0.311 e. The summed E-state index contributed by atoms with van der Waals surface area (Å²) in [5.41, 5.74) is 0. The van der Waals surface area contributed by atoms with Crippen molar-refractivity contribution in [3.05, 3.63) is 0 Å². The summed E-state index contributed by atoms with van der Waals surface area (Å²) in [4.78, 5) is 2.80. The van der Waals surface area contributed by atoms with E-state index in [0.29, 0.717) is 0 Å². The summed E-state index contributed by atoms with van der Waals surface area (Å²) in [7, 11) is 0. The zero-order valence-corrected chi connectivity index (χ0v) is 12.6. The van der Waals surface area contributed by atoms with Crippen LogP contribution in [0.1, 0.15) is 59.3 Å². The van der Waals surface area contributed by atoms with Gasteiger partial charge in [-0.25, -0.2) is 0 Å². The van der Waals surface area contributed by atoms with Crippen LogP contribution in [-0.2, 0) is 0 Å². The van der Waals surface area contributed by atoms with Gasteiger partial charge in [0, 0.05) is 25.2 Å². The van der Waals surface area contributed by atoms with Crippen molar-refractivity contribution in [2.24, 2.45) is 11.8 Å². The molecule has 1 aliphatic heterocycles. The van der Waals surface area contributed by atoms with Crippen molar-refractivity contribution < 1.29 is 0 Å². The molecule has 0 aromatic heterocycles. The normalized spacial score (nSPS) is 31.5. The van der Waals surface area contributed by atoms with Gasteiger partial charge in [-0.15, -0.1) is 0 Å². The quantitative estimate of drug-likeness (QED) is 0.748. The number of hydrogen-bond acceptors (Lipinski definition) is 2. The molecule has 1 heterocycles. The van der Waals surface area contributed by atoms with E-state index in [4.69, 9.17) is 0 Å². The third-order valence-electron chi connectivity index (χ3n) is 5.04. The molecule has 2 rings (SSSR count). The lowest BCUT2D eigenvalue weighted by molar-refractivity contribution is 0.100. The Kier molecular flexibility index (Phi) is 5.50. The maximum atomic E-state index is 3.80. The highest BCUT2D eigenvalue weighted by Crippen LogP contribution is 2.33. The van der Waals surface area contributed by atoms with Gasteiger partial charge in [-0.2, -0.15) is 0 Å². The van der Waals surface area contributed by atoms with Crippen LogP contribution in [0.3, 0.4) is 0 Å². The zero-order valence-electron chi connectivity index (χ0n) is 12.6. The van der Waals surface area contributed by atoms with Crippen LogP contribution in [0.4, 0.5) is 0 Å². The molecule has 0 bridgehead atoms. The number of rotatable bonds is 7. The lowest BCUT2D eigenvalue weighted by Gasteiger charge is -2.42. The first kappa shape index (κ1) is 14.3. The minimum atomic E-state index is 0.724. The molecule has 1 aliphatic carbocycles. The molecule has 0 spiro atoms. The Morgan fingerprint density at radius 2 is 2.00 bits per heavy atom. The molecule has 0 aromatic rings. The van der Waals surface area contributed by atoms with Crippen molar-refractivity contribution >= 4 is 0 Å². The maximum absolute atomic E-state index is 3.80. The van der Waals surface area contributed by atoms with E-state index in [1.807, 2.05) is 0 Å². The Bertz CT molecular complexity index is 237. The molecule has 18 heavy (non-hydrogen) atoms. The van der Waals surface area contributed by atoms with Crippen molar-refractivity contribution in [2.75, 3.05) is 19.6 Å². The lowest BCUT2D eigenvalue weighted by Crippen LogP contribution is -2.58. The van der Waals surface area contributed by atoms with Gasteiger partial charge in [0.25, 0.3) is 0 Å². The molecule has 2 fully saturated rings. The molecule has 0 aromatic carbocycles. The van der Waals surface area contributed by atoms with E-state index in [9.17, 15) is 0 Å². The molecular formula is C16H32N2. The van der Waals surface area contributed by atoms with Crippen LogP contribution in [0.5, 0.6) is 0 Å². The van der Waals surface area contributed by atoms with Crippen molar-refractivity contribution in [1.29, 1.82) is 0 Å². The van der Waals surface area contributed by atoms with Crippen molar-refractivity contribution in [1.82, 2.24) is 10.2 Å². The summed E-state index contributed by atoms with van der Waals surface area (Å²) in [6.45, 7) is 10.9. The van der Waals surface area contributed by atoms with E-state index in [2.05, 4.69) is 31.0 Å². The Morgan fingerprint density at radius 3 is 2.61 bits per heavy atom. The standard InChI is InChI=1S/C16H32N2/c1-4-6-15-11-17-16(13(3)5-2)12-18(15)10-9-14-7-8-14/h13-17H,4-12H2,1-3H3. The monoisotopic (exact) mass is 252 g/mol. The number of nitrogens with one attached hydrogen (secondary N) is 1. The number of hydrogen-bond donors (Lipinski definition) is 1.